The Balaban J connectivity index is 1.72. The number of hydrogen-bond acceptors (Lipinski definition) is 4. The molecule has 0 spiro atoms. The van der Waals surface area contributed by atoms with Crippen molar-refractivity contribution in [2.45, 2.75) is 6.54 Å². The predicted molar refractivity (Wildman–Crippen MR) is 125 cm³/mol. The Bertz CT molecular complexity index is 1200. The highest BCUT2D eigenvalue weighted by Crippen LogP contribution is 2.22. The second-order valence-corrected chi connectivity index (χ2v) is 9.41. The van der Waals surface area contributed by atoms with Crippen molar-refractivity contribution >= 4 is 51.0 Å². The molecule has 0 aliphatic rings. The Hall–Kier alpha value is -2.87. The fourth-order valence-corrected chi connectivity index (χ4v) is 3.94. The number of nitrogens with zero attached hydrogens (tertiary/aromatic N) is 2. The minimum atomic E-state index is -3.54. The first-order chi connectivity index (χ1) is 14.7. The molecule has 3 aromatic carbocycles. The molecule has 1 N–H and O–H groups in total. The first-order valence-corrected chi connectivity index (χ1v) is 11.7. The molecule has 0 aliphatic carbocycles. The molecule has 31 heavy (non-hydrogen) atoms. The molecule has 1 amide bonds. The van der Waals surface area contributed by atoms with Gasteiger partial charge in [0.1, 0.15) is 0 Å². The summed E-state index contributed by atoms with van der Waals surface area (Å²) >= 11 is 11.9. The van der Waals surface area contributed by atoms with E-state index in [9.17, 15) is 13.2 Å². The topological polar surface area (TPSA) is 78.8 Å². The van der Waals surface area contributed by atoms with Crippen molar-refractivity contribution < 1.29 is 13.2 Å². The van der Waals surface area contributed by atoms with Crippen LogP contribution in [0, 0.1) is 0 Å². The maximum absolute atomic E-state index is 12.3. The second-order valence-electron chi connectivity index (χ2n) is 6.66. The smallest absolute Gasteiger partial charge is 0.267 e. The van der Waals surface area contributed by atoms with Crippen molar-refractivity contribution in [1.29, 1.82) is 0 Å². The molecule has 0 aliphatic heterocycles. The summed E-state index contributed by atoms with van der Waals surface area (Å²) < 4.78 is 25.9. The molecule has 0 aromatic heterocycles. The number of carbonyl (C=O) groups excluding carboxylic acids is 1. The van der Waals surface area contributed by atoms with Gasteiger partial charge in [0.25, 0.3) is 5.91 Å². The molecule has 160 valence electrons. The molecule has 9 heteroatoms. The number of sulfonamides is 1. The van der Waals surface area contributed by atoms with Crippen molar-refractivity contribution in [3.8, 4) is 0 Å². The van der Waals surface area contributed by atoms with Crippen LogP contribution in [0.1, 0.15) is 21.5 Å². The number of anilines is 1. The number of rotatable bonds is 7. The Labute approximate surface area is 191 Å². The molecule has 0 atom stereocenters. The number of amides is 1. The van der Waals surface area contributed by atoms with Gasteiger partial charge in [-0.3, -0.25) is 9.10 Å². The Morgan fingerprint density at radius 3 is 2.26 bits per heavy atom. The Morgan fingerprint density at radius 2 is 1.65 bits per heavy atom. The molecule has 6 nitrogen and oxygen atoms in total. The Kier molecular flexibility index (Phi) is 7.33. The van der Waals surface area contributed by atoms with Gasteiger partial charge in [-0.2, -0.15) is 5.10 Å². The molecule has 0 saturated carbocycles. The number of carbonyl (C=O) groups is 1. The summed E-state index contributed by atoms with van der Waals surface area (Å²) in [7, 11) is -3.54. The lowest BCUT2D eigenvalue weighted by Gasteiger charge is -2.22. The molecule has 3 rings (SSSR count). The van der Waals surface area contributed by atoms with Crippen LogP contribution in [0.2, 0.25) is 10.0 Å². The van der Waals surface area contributed by atoms with Crippen molar-refractivity contribution in [3.05, 3.63) is 99.5 Å². The summed E-state index contributed by atoms with van der Waals surface area (Å²) in [6.07, 6.45) is 2.58. The number of hydrazone groups is 1. The quantitative estimate of drug-likeness (QED) is 0.396. The van der Waals surface area contributed by atoms with Crippen molar-refractivity contribution in [2.24, 2.45) is 5.10 Å². The average Bonchev–Trinajstić information content (AvgIpc) is 2.74. The fraction of sp³-hybridized carbons (Fsp3) is 0.0909. The average molecular weight is 476 g/mol. The summed E-state index contributed by atoms with van der Waals surface area (Å²) in [6, 6.07) is 20.3. The van der Waals surface area contributed by atoms with Gasteiger partial charge in [-0.1, -0.05) is 53.5 Å². The first kappa shape index (κ1) is 22.8. The monoisotopic (exact) mass is 475 g/mol. The zero-order valence-corrected chi connectivity index (χ0v) is 18.8. The van der Waals surface area contributed by atoms with E-state index in [-0.39, 0.29) is 6.54 Å². The molecular formula is C22H19Cl2N3O3S. The number of halogens is 2. The lowest BCUT2D eigenvalue weighted by atomic mass is 10.2. The van der Waals surface area contributed by atoms with Gasteiger partial charge >= 0.3 is 0 Å². The third-order valence-electron chi connectivity index (χ3n) is 4.33. The zero-order valence-electron chi connectivity index (χ0n) is 16.5. The minimum Gasteiger partial charge on any atom is -0.267 e. The SMILES string of the molecule is CS(=O)(=O)N(Cc1ccc(Cl)cc1)c1ccc(C(=O)N/N=C/c2ccccc2Cl)cc1. The fourth-order valence-electron chi connectivity index (χ4n) is 2.74. The molecular weight excluding hydrogens is 457 g/mol. The molecule has 0 unspecified atom stereocenters. The van der Waals surface area contributed by atoms with E-state index in [1.807, 2.05) is 6.07 Å². The van der Waals surface area contributed by atoms with E-state index in [0.29, 0.717) is 26.9 Å². The van der Waals surface area contributed by atoms with E-state index in [1.165, 1.54) is 22.7 Å². The van der Waals surface area contributed by atoms with Gasteiger partial charge in [-0.25, -0.2) is 13.8 Å². The summed E-state index contributed by atoms with van der Waals surface area (Å²) in [5, 5.41) is 5.00. The largest absolute Gasteiger partial charge is 0.271 e. The Morgan fingerprint density at radius 1 is 1.00 bits per heavy atom. The van der Waals surface area contributed by atoms with Gasteiger partial charge in [0.15, 0.2) is 0 Å². The van der Waals surface area contributed by atoms with E-state index in [2.05, 4.69) is 10.5 Å². The highest BCUT2D eigenvalue weighted by Gasteiger charge is 2.18. The van der Waals surface area contributed by atoms with Crippen LogP contribution in [0.5, 0.6) is 0 Å². The van der Waals surface area contributed by atoms with E-state index in [4.69, 9.17) is 23.2 Å². The van der Waals surface area contributed by atoms with Crippen LogP contribution in [-0.2, 0) is 16.6 Å². The zero-order chi connectivity index (χ0) is 22.4. The molecule has 0 radical (unpaired) electrons. The van der Waals surface area contributed by atoms with Gasteiger partial charge in [0, 0.05) is 21.2 Å². The number of nitrogens with one attached hydrogen (secondary N) is 1. The molecule has 0 saturated heterocycles. The third-order valence-corrected chi connectivity index (χ3v) is 6.07. The normalized spacial score (nSPS) is 11.5. The molecule has 3 aromatic rings. The van der Waals surface area contributed by atoms with E-state index in [0.717, 1.165) is 11.8 Å². The van der Waals surface area contributed by atoms with Crippen LogP contribution in [-0.4, -0.2) is 26.8 Å². The summed E-state index contributed by atoms with van der Waals surface area (Å²) in [5.41, 5.74) is 4.65. The van der Waals surface area contributed by atoms with Gasteiger partial charge in [0.2, 0.25) is 10.0 Å². The maximum Gasteiger partial charge on any atom is 0.271 e. The van der Waals surface area contributed by atoms with E-state index >= 15 is 0 Å². The standard InChI is InChI=1S/C22H19Cl2N3O3S/c1-31(29,30)27(15-16-6-10-19(23)11-7-16)20-12-8-17(9-13-20)22(28)26-25-14-18-4-2-3-5-21(18)24/h2-14H,15H2,1H3,(H,26,28)/b25-14+. The van der Waals surface area contributed by atoms with Crippen LogP contribution < -0.4 is 9.73 Å². The van der Waals surface area contributed by atoms with Gasteiger partial charge in [-0.05, 0) is 48.0 Å². The van der Waals surface area contributed by atoms with Crippen LogP contribution in [0.3, 0.4) is 0 Å². The minimum absolute atomic E-state index is 0.143. The van der Waals surface area contributed by atoms with E-state index < -0.39 is 15.9 Å². The highest BCUT2D eigenvalue weighted by atomic mass is 35.5. The van der Waals surface area contributed by atoms with Crippen molar-refractivity contribution in [3.63, 3.8) is 0 Å². The summed E-state index contributed by atoms with van der Waals surface area (Å²) in [6.45, 7) is 0.143. The van der Waals surface area contributed by atoms with Crippen LogP contribution in [0.25, 0.3) is 0 Å². The molecule has 0 bridgehead atoms. The lowest BCUT2D eigenvalue weighted by Crippen LogP contribution is -2.29. The van der Waals surface area contributed by atoms with Crippen LogP contribution >= 0.6 is 23.2 Å². The maximum atomic E-state index is 12.3. The number of hydrogen-bond donors (Lipinski definition) is 1. The number of benzene rings is 3. The van der Waals surface area contributed by atoms with Gasteiger partial charge in [0.05, 0.1) is 24.7 Å². The van der Waals surface area contributed by atoms with Crippen molar-refractivity contribution in [2.75, 3.05) is 10.6 Å². The summed E-state index contributed by atoms with van der Waals surface area (Å²) in [5.74, 6) is -0.432. The van der Waals surface area contributed by atoms with E-state index in [1.54, 1.807) is 54.6 Å². The first-order valence-electron chi connectivity index (χ1n) is 9.14. The summed E-state index contributed by atoms with van der Waals surface area (Å²) in [4.78, 5) is 12.3. The van der Waals surface area contributed by atoms with Gasteiger partial charge < -0.3 is 0 Å². The van der Waals surface area contributed by atoms with Crippen LogP contribution in [0.15, 0.2) is 77.9 Å². The van der Waals surface area contributed by atoms with Crippen LogP contribution in [0.4, 0.5) is 5.69 Å². The molecule has 0 heterocycles. The van der Waals surface area contributed by atoms with Gasteiger partial charge in [-0.15, -0.1) is 0 Å². The molecule has 0 fully saturated rings. The second kappa shape index (κ2) is 9.96. The lowest BCUT2D eigenvalue weighted by molar-refractivity contribution is 0.0955. The van der Waals surface area contributed by atoms with Crippen molar-refractivity contribution in [1.82, 2.24) is 5.43 Å². The third kappa shape index (κ3) is 6.30. The highest BCUT2D eigenvalue weighted by molar-refractivity contribution is 7.92. The predicted octanol–water partition coefficient (Wildman–Crippen LogP) is 4.72.